The van der Waals surface area contributed by atoms with Crippen molar-refractivity contribution in [3.63, 3.8) is 0 Å². The summed E-state index contributed by atoms with van der Waals surface area (Å²) in [5.41, 5.74) is 2.88. The van der Waals surface area contributed by atoms with Crippen molar-refractivity contribution in [2.75, 3.05) is 24.3 Å². The van der Waals surface area contributed by atoms with Crippen LogP contribution in [0.15, 0.2) is 42.7 Å². The van der Waals surface area contributed by atoms with Crippen molar-refractivity contribution < 1.29 is 4.74 Å². The van der Waals surface area contributed by atoms with Crippen molar-refractivity contribution in [1.29, 1.82) is 0 Å². The Morgan fingerprint density at radius 3 is 2.74 bits per heavy atom. The average molecular weight is 257 g/mol. The van der Waals surface area contributed by atoms with Gasteiger partial charge in [-0.3, -0.25) is 4.98 Å². The third kappa shape index (κ3) is 3.61. The van der Waals surface area contributed by atoms with Gasteiger partial charge in [0, 0.05) is 6.54 Å². The average Bonchev–Trinajstić information content (AvgIpc) is 2.46. The second kappa shape index (κ2) is 6.64. The van der Waals surface area contributed by atoms with Crippen molar-refractivity contribution in [3.05, 3.63) is 42.7 Å². The Morgan fingerprint density at radius 2 is 1.95 bits per heavy atom. The fraction of sp³-hybridized carbons (Fsp3) is 0.267. The van der Waals surface area contributed by atoms with Gasteiger partial charge in [-0.2, -0.15) is 0 Å². The molecule has 0 amide bonds. The molecule has 0 atom stereocenters. The fourth-order valence-corrected chi connectivity index (χ4v) is 1.78. The zero-order valence-corrected chi connectivity index (χ0v) is 11.3. The molecule has 4 heteroatoms. The van der Waals surface area contributed by atoms with E-state index in [1.807, 2.05) is 36.5 Å². The van der Waals surface area contributed by atoms with Crippen LogP contribution in [0.4, 0.5) is 17.1 Å². The van der Waals surface area contributed by atoms with Crippen molar-refractivity contribution in [3.8, 4) is 5.75 Å². The van der Waals surface area contributed by atoms with Crippen molar-refractivity contribution in [2.24, 2.45) is 0 Å². The van der Waals surface area contributed by atoms with Gasteiger partial charge in [0.05, 0.1) is 36.6 Å². The maximum Gasteiger partial charge on any atom is 0.142 e. The number of hydrogen-bond acceptors (Lipinski definition) is 4. The highest BCUT2D eigenvalue weighted by Crippen LogP contribution is 2.27. The molecular weight excluding hydrogens is 238 g/mol. The monoisotopic (exact) mass is 257 g/mol. The molecule has 4 nitrogen and oxygen atoms in total. The third-order valence-electron chi connectivity index (χ3n) is 2.70. The number of aromatic nitrogens is 1. The highest BCUT2D eigenvalue weighted by Gasteiger charge is 2.02. The minimum Gasteiger partial charge on any atom is -0.495 e. The first-order chi connectivity index (χ1) is 9.33. The molecule has 100 valence electrons. The molecule has 0 aliphatic heterocycles. The first kappa shape index (κ1) is 13.2. The number of methoxy groups -OCH3 is 1. The molecule has 1 heterocycles. The summed E-state index contributed by atoms with van der Waals surface area (Å²) >= 11 is 0. The number of hydrogen-bond donors (Lipinski definition) is 2. The lowest BCUT2D eigenvalue weighted by Gasteiger charge is -2.12. The molecular formula is C15H19N3O. The van der Waals surface area contributed by atoms with Crippen molar-refractivity contribution >= 4 is 17.1 Å². The second-order valence-corrected chi connectivity index (χ2v) is 4.21. The van der Waals surface area contributed by atoms with Crippen LogP contribution in [0.3, 0.4) is 0 Å². The van der Waals surface area contributed by atoms with Gasteiger partial charge in [-0.25, -0.2) is 0 Å². The first-order valence-corrected chi connectivity index (χ1v) is 6.42. The molecule has 1 aromatic carbocycles. The van der Waals surface area contributed by atoms with E-state index in [0.717, 1.165) is 35.8 Å². The van der Waals surface area contributed by atoms with Gasteiger partial charge in [-0.05, 0) is 24.6 Å². The number of para-hydroxylation sites is 2. The van der Waals surface area contributed by atoms with Gasteiger partial charge in [-0.15, -0.1) is 0 Å². The Balaban J connectivity index is 2.14. The summed E-state index contributed by atoms with van der Waals surface area (Å²) in [6, 6.07) is 9.86. The van der Waals surface area contributed by atoms with Crippen LogP contribution in [-0.2, 0) is 0 Å². The standard InChI is InChI=1S/C15H19N3O/c1-3-8-17-12-9-13(11-16-10-12)18-14-6-4-5-7-15(14)19-2/h4-7,9-11,17-18H,3,8H2,1-2H3. The summed E-state index contributed by atoms with van der Waals surface area (Å²) < 4.78 is 5.31. The van der Waals surface area contributed by atoms with Crippen LogP contribution in [0.25, 0.3) is 0 Å². The van der Waals surface area contributed by atoms with Crippen LogP contribution in [0, 0.1) is 0 Å². The summed E-state index contributed by atoms with van der Waals surface area (Å²) in [7, 11) is 1.66. The third-order valence-corrected chi connectivity index (χ3v) is 2.70. The normalized spacial score (nSPS) is 10.0. The van der Waals surface area contributed by atoms with E-state index in [1.54, 1.807) is 13.3 Å². The van der Waals surface area contributed by atoms with E-state index in [-0.39, 0.29) is 0 Å². The molecule has 0 bridgehead atoms. The molecule has 1 aromatic heterocycles. The number of anilines is 3. The number of rotatable bonds is 6. The number of benzene rings is 1. The van der Waals surface area contributed by atoms with E-state index < -0.39 is 0 Å². The minimum atomic E-state index is 0.814. The Hall–Kier alpha value is -2.23. The Labute approximate surface area is 113 Å². The Morgan fingerprint density at radius 1 is 1.16 bits per heavy atom. The topological polar surface area (TPSA) is 46.2 Å². The van der Waals surface area contributed by atoms with Crippen LogP contribution in [-0.4, -0.2) is 18.6 Å². The zero-order chi connectivity index (χ0) is 13.5. The van der Waals surface area contributed by atoms with Crippen LogP contribution < -0.4 is 15.4 Å². The minimum absolute atomic E-state index is 0.814. The molecule has 0 fully saturated rings. The molecule has 19 heavy (non-hydrogen) atoms. The Bertz CT molecular complexity index is 528. The van der Waals surface area contributed by atoms with Gasteiger partial charge in [0.1, 0.15) is 5.75 Å². The van der Waals surface area contributed by atoms with Crippen molar-refractivity contribution in [1.82, 2.24) is 4.98 Å². The SMILES string of the molecule is CCCNc1cncc(Nc2ccccc2OC)c1. The van der Waals surface area contributed by atoms with Gasteiger partial charge < -0.3 is 15.4 Å². The van der Waals surface area contributed by atoms with E-state index in [4.69, 9.17) is 4.74 Å². The molecule has 0 saturated heterocycles. The van der Waals surface area contributed by atoms with E-state index in [0.29, 0.717) is 0 Å². The first-order valence-electron chi connectivity index (χ1n) is 6.42. The van der Waals surface area contributed by atoms with Gasteiger partial charge in [0.2, 0.25) is 0 Å². The molecule has 0 aliphatic carbocycles. The summed E-state index contributed by atoms with van der Waals surface area (Å²) in [5, 5.41) is 6.63. The van der Waals surface area contributed by atoms with E-state index in [1.165, 1.54) is 0 Å². The Kier molecular flexibility index (Phi) is 4.61. The van der Waals surface area contributed by atoms with Crippen LogP contribution in [0.2, 0.25) is 0 Å². The van der Waals surface area contributed by atoms with Crippen LogP contribution in [0.1, 0.15) is 13.3 Å². The fourth-order valence-electron chi connectivity index (χ4n) is 1.78. The lowest BCUT2D eigenvalue weighted by Crippen LogP contribution is -2.01. The lowest BCUT2D eigenvalue weighted by molar-refractivity contribution is 0.417. The number of nitrogens with zero attached hydrogens (tertiary/aromatic N) is 1. The number of ether oxygens (including phenoxy) is 1. The summed E-state index contributed by atoms with van der Waals surface area (Å²) in [6.45, 7) is 3.08. The largest absolute Gasteiger partial charge is 0.495 e. The van der Waals surface area contributed by atoms with Crippen molar-refractivity contribution in [2.45, 2.75) is 13.3 Å². The van der Waals surface area contributed by atoms with Gasteiger partial charge in [0.25, 0.3) is 0 Å². The molecule has 2 N–H and O–H groups in total. The zero-order valence-electron chi connectivity index (χ0n) is 11.3. The lowest BCUT2D eigenvalue weighted by atomic mass is 10.2. The highest BCUT2D eigenvalue weighted by atomic mass is 16.5. The smallest absolute Gasteiger partial charge is 0.142 e. The van der Waals surface area contributed by atoms with Gasteiger partial charge in [-0.1, -0.05) is 19.1 Å². The molecule has 0 spiro atoms. The molecule has 0 aliphatic rings. The predicted molar refractivity (Wildman–Crippen MR) is 79.3 cm³/mol. The highest BCUT2D eigenvalue weighted by molar-refractivity contribution is 5.67. The summed E-state index contributed by atoms with van der Waals surface area (Å²) in [4.78, 5) is 4.22. The maximum atomic E-state index is 5.31. The summed E-state index contributed by atoms with van der Waals surface area (Å²) in [6.07, 6.45) is 4.71. The maximum absolute atomic E-state index is 5.31. The second-order valence-electron chi connectivity index (χ2n) is 4.21. The van der Waals surface area contributed by atoms with Gasteiger partial charge >= 0.3 is 0 Å². The van der Waals surface area contributed by atoms with E-state index >= 15 is 0 Å². The molecule has 2 aromatic rings. The van der Waals surface area contributed by atoms with E-state index in [9.17, 15) is 0 Å². The van der Waals surface area contributed by atoms with Gasteiger partial charge in [0.15, 0.2) is 0 Å². The predicted octanol–water partition coefficient (Wildman–Crippen LogP) is 3.66. The molecule has 0 saturated carbocycles. The molecule has 0 unspecified atom stereocenters. The van der Waals surface area contributed by atoms with Crippen LogP contribution >= 0.6 is 0 Å². The number of nitrogens with one attached hydrogen (secondary N) is 2. The van der Waals surface area contributed by atoms with E-state index in [2.05, 4.69) is 22.5 Å². The molecule has 2 rings (SSSR count). The summed E-state index contributed by atoms with van der Waals surface area (Å²) in [5.74, 6) is 0.814. The molecule has 0 radical (unpaired) electrons. The van der Waals surface area contributed by atoms with Crippen LogP contribution in [0.5, 0.6) is 5.75 Å². The number of pyridine rings is 1. The quantitative estimate of drug-likeness (QED) is 0.829.